The lowest BCUT2D eigenvalue weighted by Gasteiger charge is -2.25. The van der Waals surface area contributed by atoms with Gasteiger partial charge in [0.25, 0.3) is 5.91 Å². The maximum absolute atomic E-state index is 13.6. The lowest BCUT2D eigenvalue weighted by molar-refractivity contribution is 0.0733. The van der Waals surface area contributed by atoms with E-state index >= 15 is 0 Å². The summed E-state index contributed by atoms with van der Waals surface area (Å²) in [5, 5.41) is 5.07. The third-order valence-electron chi connectivity index (χ3n) is 4.05. The Morgan fingerprint density at radius 2 is 1.90 bits per heavy atom. The van der Waals surface area contributed by atoms with Gasteiger partial charge >= 0.3 is 0 Å². The molecule has 116 valence electrons. The molecule has 0 aliphatic heterocycles. The highest BCUT2D eigenvalue weighted by molar-refractivity contribution is 7.89. The molecule has 2 N–H and O–H groups in total. The third kappa shape index (κ3) is 3.24. The molecule has 1 fully saturated rings. The number of benzene rings is 1. The molecule has 0 atom stereocenters. The molecule has 0 spiro atoms. The van der Waals surface area contributed by atoms with Crippen molar-refractivity contribution >= 4 is 15.9 Å². The molecule has 1 aromatic rings. The van der Waals surface area contributed by atoms with Crippen molar-refractivity contribution in [2.75, 3.05) is 7.05 Å². The summed E-state index contributed by atoms with van der Waals surface area (Å²) in [5.74, 6) is -1.16. The average Bonchev–Trinajstić information content (AvgIpc) is 2.92. The molecule has 0 radical (unpaired) electrons. The van der Waals surface area contributed by atoms with Crippen LogP contribution in [0.3, 0.4) is 0 Å². The summed E-state index contributed by atoms with van der Waals surface area (Å²) in [6.45, 7) is 1.47. The fourth-order valence-corrected chi connectivity index (χ4v) is 3.63. The zero-order chi connectivity index (χ0) is 15.8. The van der Waals surface area contributed by atoms with Crippen LogP contribution in [0.15, 0.2) is 17.0 Å². The quantitative estimate of drug-likeness (QED) is 0.923. The van der Waals surface area contributed by atoms with Gasteiger partial charge in [-0.1, -0.05) is 12.8 Å². The van der Waals surface area contributed by atoms with Gasteiger partial charge in [0.15, 0.2) is 0 Å². The van der Waals surface area contributed by atoms with Crippen molar-refractivity contribution in [3.8, 4) is 0 Å². The molecule has 7 heteroatoms. The minimum Gasteiger partial charge on any atom is -0.339 e. The first-order valence-electron chi connectivity index (χ1n) is 6.82. The number of sulfonamides is 1. The number of halogens is 1. The first kappa shape index (κ1) is 15.9. The summed E-state index contributed by atoms with van der Waals surface area (Å²) in [6, 6.07) is 2.03. The van der Waals surface area contributed by atoms with E-state index in [0.29, 0.717) is 0 Å². The SMILES string of the molecule is Cc1c(C(=O)N(C)C2CCCC2)cc(F)cc1S(N)(=O)=O. The molecule has 1 aliphatic carbocycles. The highest BCUT2D eigenvalue weighted by atomic mass is 32.2. The number of carbonyl (C=O) groups is 1. The van der Waals surface area contributed by atoms with Crippen LogP contribution in [0.5, 0.6) is 0 Å². The number of hydrogen-bond donors (Lipinski definition) is 1. The Balaban J connectivity index is 2.44. The van der Waals surface area contributed by atoms with Gasteiger partial charge in [-0.2, -0.15) is 0 Å². The second-order valence-electron chi connectivity index (χ2n) is 5.48. The normalized spacial score (nSPS) is 16.2. The van der Waals surface area contributed by atoms with Gasteiger partial charge in [0.05, 0.1) is 4.90 Å². The van der Waals surface area contributed by atoms with E-state index in [1.54, 1.807) is 11.9 Å². The standard InChI is InChI=1S/C14H19FN2O3S/c1-9-12(7-10(15)8-13(9)21(16,19)20)14(18)17(2)11-5-3-4-6-11/h7-8,11H,3-6H2,1-2H3,(H2,16,19,20). The van der Waals surface area contributed by atoms with Gasteiger partial charge in [-0.3, -0.25) is 4.79 Å². The number of carbonyl (C=O) groups excluding carboxylic acids is 1. The van der Waals surface area contributed by atoms with E-state index in [2.05, 4.69) is 0 Å². The molecule has 2 rings (SSSR count). The Labute approximate surface area is 124 Å². The minimum atomic E-state index is -4.07. The summed E-state index contributed by atoms with van der Waals surface area (Å²) in [6.07, 6.45) is 3.96. The molecule has 1 aliphatic rings. The molecule has 0 heterocycles. The van der Waals surface area contributed by atoms with Crippen molar-refractivity contribution in [2.24, 2.45) is 5.14 Å². The van der Waals surface area contributed by atoms with Crippen molar-refractivity contribution < 1.29 is 17.6 Å². The van der Waals surface area contributed by atoms with E-state index in [0.717, 1.165) is 37.8 Å². The fraction of sp³-hybridized carbons (Fsp3) is 0.500. The van der Waals surface area contributed by atoms with Crippen molar-refractivity contribution in [1.29, 1.82) is 0 Å². The van der Waals surface area contributed by atoms with Crippen molar-refractivity contribution in [3.05, 3.63) is 29.1 Å². The van der Waals surface area contributed by atoms with Gasteiger partial charge in [0.2, 0.25) is 10.0 Å². The van der Waals surface area contributed by atoms with E-state index < -0.39 is 15.8 Å². The summed E-state index contributed by atoms with van der Waals surface area (Å²) in [4.78, 5) is 13.7. The van der Waals surface area contributed by atoms with Crippen molar-refractivity contribution in [2.45, 2.75) is 43.5 Å². The molecule has 0 bridgehead atoms. The molecule has 0 unspecified atom stereocenters. The number of nitrogens with two attached hydrogens (primary N) is 1. The Morgan fingerprint density at radius 3 is 2.43 bits per heavy atom. The summed E-state index contributed by atoms with van der Waals surface area (Å²) in [5.41, 5.74) is 0.238. The van der Waals surface area contributed by atoms with Crippen LogP contribution in [-0.4, -0.2) is 32.3 Å². The average molecular weight is 314 g/mol. The second-order valence-corrected chi connectivity index (χ2v) is 7.01. The molecule has 21 heavy (non-hydrogen) atoms. The summed E-state index contributed by atoms with van der Waals surface area (Å²) in [7, 11) is -2.40. The second kappa shape index (κ2) is 5.73. The third-order valence-corrected chi connectivity index (χ3v) is 5.09. The van der Waals surface area contributed by atoms with Gasteiger partial charge in [0.1, 0.15) is 5.82 Å². The Kier molecular flexibility index (Phi) is 4.34. The molecular weight excluding hydrogens is 295 g/mol. The topological polar surface area (TPSA) is 80.5 Å². The molecule has 1 aromatic carbocycles. The largest absolute Gasteiger partial charge is 0.339 e. The summed E-state index contributed by atoms with van der Waals surface area (Å²) < 4.78 is 36.6. The summed E-state index contributed by atoms with van der Waals surface area (Å²) >= 11 is 0. The predicted octanol–water partition coefficient (Wildman–Crippen LogP) is 1.80. The Morgan fingerprint density at radius 1 is 1.33 bits per heavy atom. The number of primary sulfonamides is 1. The number of amides is 1. The van der Waals surface area contributed by atoms with Crippen LogP contribution < -0.4 is 5.14 Å². The van der Waals surface area contributed by atoms with Crippen molar-refractivity contribution in [1.82, 2.24) is 4.90 Å². The molecular formula is C14H19FN2O3S. The molecule has 1 saturated carbocycles. The molecule has 0 saturated heterocycles. The monoisotopic (exact) mass is 314 g/mol. The van der Waals surface area contributed by atoms with Gasteiger partial charge in [-0.25, -0.2) is 17.9 Å². The molecule has 5 nitrogen and oxygen atoms in total. The number of nitrogens with zero attached hydrogens (tertiary/aromatic N) is 1. The van der Waals surface area contributed by atoms with Gasteiger partial charge in [-0.15, -0.1) is 0 Å². The van der Waals surface area contributed by atoms with Gasteiger partial charge in [0, 0.05) is 18.7 Å². The molecule has 1 amide bonds. The van der Waals surface area contributed by atoms with E-state index in [1.165, 1.54) is 6.92 Å². The van der Waals surface area contributed by atoms with E-state index in [1.807, 2.05) is 0 Å². The van der Waals surface area contributed by atoms with Crippen molar-refractivity contribution in [3.63, 3.8) is 0 Å². The van der Waals surface area contributed by atoms with Crippen LogP contribution in [0.4, 0.5) is 4.39 Å². The minimum absolute atomic E-state index is 0.0495. The maximum Gasteiger partial charge on any atom is 0.254 e. The Hall–Kier alpha value is -1.47. The van der Waals surface area contributed by atoms with Crippen LogP contribution in [0.2, 0.25) is 0 Å². The molecule has 0 aromatic heterocycles. The van der Waals surface area contributed by atoms with Crippen LogP contribution >= 0.6 is 0 Å². The maximum atomic E-state index is 13.6. The zero-order valence-electron chi connectivity index (χ0n) is 12.1. The van der Waals surface area contributed by atoms with E-state index in [4.69, 9.17) is 5.14 Å². The number of hydrogen-bond acceptors (Lipinski definition) is 3. The van der Waals surface area contributed by atoms with Crippen LogP contribution in [0, 0.1) is 12.7 Å². The fourth-order valence-electron chi connectivity index (χ4n) is 2.82. The van der Waals surface area contributed by atoms with E-state index in [9.17, 15) is 17.6 Å². The lowest BCUT2D eigenvalue weighted by Crippen LogP contribution is -2.35. The van der Waals surface area contributed by atoms with Gasteiger partial charge < -0.3 is 4.90 Å². The predicted molar refractivity (Wildman–Crippen MR) is 76.9 cm³/mol. The first-order chi connectivity index (χ1) is 9.71. The van der Waals surface area contributed by atoms with Crippen LogP contribution in [0.1, 0.15) is 41.6 Å². The van der Waals surface area contributed by atoms with Crippen LogP contribution in [0.25, 0.3) is 0 Å². The van der Waals surface area contributed by atoms with Crippen LogP contribution in [-0.2, 0) is 10.0 Å². The highest BCUT2D eigenvalue weighted by Crippen LogP contribution is 2.26. The lowest BCUT2D eigenvalue weighted by atomic mass is 10.1. The zero-order valence-corrected chi connectivity index (χ0v) is 12.9. The number of rotatable bonds is 3. The Bertz CT molecular complexity index is 667. The van der Waals surface area contributed by atoms with Gasteiger partial charge in [-0.05, 0) is 37.5 Å². The van der Waals surface area contributed by atoms with E-state index in [-0.39, 0.29) is 28.0 Å². The smallest absolute Gasteiger partial charge is 0.254 e. The highest BCUT2D eigenvalue weighted by Gasteiger charge is 2.27. The first-order valence-corrected chi connectivity index (χ1v) is 8.36.